The molecule has 0 aromatic carbocycles. The van der Waals surface area contributed by atoms with Crippen LogP contribution in [0.15, 0.2) is 20.1 Å². The molecule has 6 rings (SSSR count). The number of amides is 1. The molecule has 4 aliphatic carbocycles. The highest BCUT2D eigenvalue weighted by atomic mass is 79.9. The van der Waals surface area contributed by atoms with Crippen LogP contribution in [-0.2, 0) is 14.8 Å². The number of sulfonamides is 1. The first-order valence-electron chi connectivity index (χ1n) is 10.4. The number of hydrogen-bond donors (Lipinski definition) is 1. The Labute approximate surface area is 179 Å². The first kappa shape index (κ1) is 19.5. The third-order valence-electron chi connectivity index (χ3n) is 7.42. The Kier molecular flexibility index (Phi) is 4.92. The lowest BCUT2D eigenvalue weighted by atomic mass is 9.49. The molecule has 1 atom stereocenters. The van der Waals surface area contributed by atoms with Crippen LogP contribution in [0.1, 0.15) is 51.4 Å². The van der Waals surface area contributed by atoms with Crippen LogP contribution in [0.5, 0.6) is 0 Å². The maximum Gasteiger partial charge on any atom is 0.253 e. The fourth-order valence-electron chi connectivity index (χ4n) is 6.74. The second kappa shape index (κ2) is 7.06. The molecule has 154 valence electrons. The second-order valence-corrected chi connectivity index (χ2v) is 14.0. The van der Waals surface area contributed by atoms with E-state index in [1.807, 2.05) is 0 Å². The van der Waals surface area contributed by atoms with Crippen molar-refractivity contribution in [3.05, 3.63) is 15.9 Å². The minimum atomic E-state index is -3.61. The number of thiophene rings is 1. The molecule has 0 unspecified atom stereocenters. The lowest BCUT2D eigenvalue weighted by Gasteiger charge is -2.57. The van der Waals surface area contributed by atoms with Gasteiger partial charge in [0.05, 0.1) is 3.79 Å². The van der Waals surface area contributed by atoms with Crippen LogP contribution in [0.3, 0.4) is 0 Å². The van der Waals surface area contributed by atoms with E-state index in [0.717, 1.165) is 34.5 Å². The Balaban J connectivity index is 1.27. The van der Waals surface area contributed by atoms with Crippen molar-refractivity contribution in [2.24, 2.45) is 23.2 Å². The molecule has 1 amide bonds. The van der Waals surface area contributed by atoms with Gasteiger partial charge in [-0.2, -0.15) is 4.31 Å². The maximum atomic E-state index is 13.0. The van der Waals surface area contributed by atoms with E-state index < -0.39 is 16.1 Å². The van der Waals surface area contributed by atoms with Gasteiger partial charge in [0.1, 0.15) is 10.3 Å². The number of hydrogen-bond acceptors (Lipinski definition) is 4. The summed E-state index contributed by atoms with van der Waals surface area (Å²) in [5.74, 6) is 2.45. The van der Waals surface area contributed by atoms with Gasteiger partial charge in [0, 0.05) is 13.1 Å². The molecule has 4 saturated carbocycles. The van der Waals surface area contributed by atoms with E-state index in [9.17, 15) is 13.2 Å². The van der Waals surface area contributed by atoms with Gasteiger partial charge in [-0.05, 0) is 103 Å². The van der Waals surface area contributed by atoms with Crippen molar-refractivity contribution in [2.75, 3.05) is 13.1 Å². The van der Waals surface area contributed by atoms with E-state index in [2.05, 4.69) is 21.2 Å². The van der Waals surface area contributed by atoms with Gasteiger partial charge >= 0.3 is 0 Å². The largest absolute Gasteiger partial charge is 0.354 e. The summed E-state index contributed by atoms with van der Waals surface area (Å²) in [7, 11) is -3.61. The summed E-state index contributed by atoms with van der Waals surface area (Å²) in [6.45, 7) is 1.15. The minimum absolute atomic E-state index is 0.104. The lowest BCUT2D eigenvalue weighted by molar-refractivity contribution is -0.126. The molecule has 1 aromatic rings. The molecule has 0 spiro atoms. The molecule has 1 saturated heterocycles. The van der Waals surface area contributed by atoms with Gasteiger partial charge in [0.25, 0.3) is 10.0 Å². The van der Waals surface area contributed by atoms with Crippen LogP contribution in [0.2, 0.25) is 0 Å². The third kappa shape index (κ3) is 3.38. The van der Waals surface area contributed by atoms with Gasteiger partial charge in [-0.25, -0.2) is 8.42 Å². The van der Waals surface area contributed by atoms with Crippen LogP contribution < -0.4 is 5.32 Å². The molecular weight excluding hydrogens is 460 g/mol. The second-order valence-electron chi connectivity index (χ2n) is 9.47. The molecule has 28 heavy (non-hydrogen) atoms. The number of carbonyl (C=O) groups is 1. The molecule has 5 fully saturated rings. The number of nitrogens with zero attached hydrogens (tertiary/aromatic N) is 1. The first-order valence-corrected chi connectivity index (χ1v) is 13.4. The van der Waals surface area contributed by atoms with E-state index in [0.29, 0.717) is 17.2 Å². The van der Waals surface area contributed by atoms with Gasteiger partial charge in [-0.3, -0.25) is 4.79 Å². The van der Waals surface area contributed by atoms with Gasteiger partial charge in [0.15, 0.2) is 0 Å². The van der Waals surface area contributed by atoms with Crippen molar-refractivity contribution in [1.82, 2.24) is 9.62 Å². The Bertz CT molecular complexity index is 846. The third-order valence-corrected chi connectivity index (χ3v) is 11.4. The monoisotopic (exact) mass is 486 g/mol. The van der Waals surface area contributed by atoms with Crippen LogP contribution in [0.4, 0.5) is 0 Å². The van der Waals surface area contributed by atoms with Crippen molar-refractivity contribution in [3.8, 4) is 0 Å². The Morgan fingerprint density at radius 3 is 2.39 bits per heavy atom. The number of rotatable bonds is 5. The summed E-state index contributed by atoms with van der Waals surface area (Å²) in [6.07, 6.45) is 9.24. The Hall–Kier alpha value is -0.440. The molecule has 1 aromatic heterocycles. The summed E-state index contributed by atoms with van der Waals surface area (Å²) in [5, 5.41) is 3.19. The summed E-state index contributed by atoms with van der Waals surface area (Å²) in [4.78, 5) is 13.0. The maximum absolute atomic E-state index is 13.0. The molecule has 1 N–H and O–H groups in total. The zero-order chi connectivity index (χ0) is 19.5. The van der Waals surface area contributed by atoms with Crippen LogP contribution >= 0.6 is 27.3 Å². The van der Waals surface area contributed by atoms with Gasteiger partial charge < -0.3 is 5.32 Å². The summed E-state index contributed by atoms with van der Waals surface area (Å²) >= 11 is 4.54. The Morgan fingerprint density at radius 2 is 1.82 bits per heavy atom. The van der Waals surface area contributed by atoms with Crippen LogP contribution in [-0.4, -0.2) is 37.8 Å². The van der Waals surface area contributed by atoms with E-state index in [4.69, 9.17) is 0 Å². The fraction of sp³-hybridized carbons (Fsp3) is 0.750. The normalized spacial score (nSPS) is 37.5. The van der Waals surface area contributed by atoms with Crippen LogP contribution in [0.25, 0.3) is 0 Å². The van der Waals surface area contributed by atoms with Gasteiger partial charge in [-0.1, -0.05) is 0 Å². The van der Waals surface area contributed by atoms with Crippen molar-refractivity contribution >= 4 is 43.2 Å². The van der Waals surface area contributed by atoms with E-state index in [-0.39, 0.29) is 11.3 Å². The predicted octanol–water partition coefficient (Wildman–Crippen LogP) is 4.00. The smallest absolute Gasteiger partial charge is 0.253 e. The zero-order valence-corrected chi connectivity index (χ0v) is 19.1. The minimum Gasteiger partial charge on any atom is -0.354 e. The average Bonchev–Trinajstić information content (AvgIpc) is 3.28. The lowest BCUT2D eigenvalue weighted by Crippen LogP contribution is -2.53. The first-order chi connectivity index (χ1) is 13.3. The average molecular weight is 487 g/mol. The Morgan fingerprint density at radius 1 is 1.18 bits per heavy atom. The standard InChI is InChI=1S/C20H27BrN2O3S2/c21-17-3-4-18(27-17)28(25,26)23-5-1-2-16(23)19(24)22-12-20-9-13-6-14(10-20)8-15(7-13)11-20/h3-4,13-16H,1-2,5-12H2,(H,22,24)/t13?,14?,15?,16-,20?/m1/s1. The SMILES string of the molecule is O=C(NCC12CC3CC(CC(C3)C1)C2)[C@H]1CCCN1S(=O)(=O)c1ccc(Br)s1. The predicted molar refractivity (Wildman–Crippen MR) is 113 cm³/mol. The van der Waals surface area contributed by atoms with E-state index in [1.54, 1.807) is 12.1 Å². The fourth-order valence-corrected chi connectivity index (χ4v) is 10.5. The molecule has 5 aliphatic rings. The summed E-state index contributed by atoms with van der Waals surface area (Å²) in [5.41, 5.74) is 0.269. The molecule has 1 aliphatic heterocycles. The van der Waals surface area contributed by atoms with Crippen molar-refractivity contribution < 1.29 is 13.2 Å². The summed E-state index contributed by atoms with van der Waals surface area (Å²) in [6, 6.07) is 2.79. The van der Waals surface area contributed by atoms with Crippen molar-refractivity contribution in [1.29, 1.82) is 0 Å². The molecule has 8 heteroatoms. The number of nitrogens with one attached hydrogen (secondary N) is 1. The molecule has 5 nitrogen and oxygen atoms in total. The van der Waals surface area contributed by atoms with E-state index in [1.165, 1.54) is 54.2 Å². The van der Waals surface area contributed by atoms with Crippen molar-refractivity contribution in [3.63, 3.8) is 0 Å². The molecule has 2 heterocycles. The summed E-state index contributed by atoms with van der Waals surface area (Å²) < 4.78 is 28.6. The zero-order valence-electron chi connectivity index (χ0n) is 15.9. The topological polar surface area (TPSA) is 66.5 Å². The van der Waals surface area contributed by atoms with Crippen LogP contribution in [0, 0.1) is 23.2 Å². The number of carbonyl (C=O) groups excluding carboxylic acids is 1. The van der Waals surface area contributed by atoms with Gasteiger partial charge in [-0.15, -0.1) is 11.3 Å². The van der Waals surface area contributed by atoms with Gasteiger partial charge in [0.2, 0.25) is 5.91 Å². The molecular formula is C20H27BrN2O3S2. The quantitative estimate of drug-likeness (QED) is 0.683. The highest BCUT2D eigenvalue weighted by Crippen LogP contribution is 2.59. The molecule has 4 bridgehead atoms. The van der Waals surface area contributed by atoms with E-state index >= 15 is 0 Å². The molecule has 0 radical (unpaired) electrons. The highest BCUT2D eigenvalue weighted by Gasteiger charge is 2.51. The number of halogens is 1. The van der Waals surface area contributed by atoms with Crippen molar-refractivity contribution in [2.45, 2.75) is 61.6 Å². The highest BCUT2D eigenvalue weighted by molar-refractivity contribution is 9.11.